The molecule has 2 aromatic heterocycles. The third-order valence-electron chi connectivity index (χ3n) is 4.87. The van der Waals surface area contributed by atoms with Gasteiger partial charge in [0.2, 0.25) is 5.13 Å². The zero-order valence-electron chi connectivity index (χ0n) is 13.9. The molecule has 0 radical (unpaired) electrons. The lowest BCUT2D eigenvalue weighted by Crippen LogP contribution is -2.36. The maximum atomic E-state index is 12.6. The van der Waals surface area contributed by atoms with E-state index in [2.05, 4.69) is 20.1 Å². The molecule has 1 aliphatic heterocycles. The molecule has 0 aromatic carbocycles. The zero-order chi connectivity index (χ0) is 18.3. The van der Waals surface area contributed by atoms with E-state index >= 15 is 0 Å². The van der Waals surface area contributed by atoms with Gasteiger partial charge in [-0.05, 0) is 31.6 Å². The van der Waals surface area contributed by atoms with Crippen molar-refractivity contribution in [2.45, 2.75) is 44.3 Å². The summed E-state index contributed by atoms with van der Waals surface area (Å²) in [4.78, 5) is 17.5. The van der Waals surface area contributed by atoms with E-state index in [0.717, 1.165) is 42.4 Å². The number of piperidine rings is 1. The van der Waals surface area contributed by atoms with Crippen LogP contribution in [0, 0.1) is 5.92 Å². The Morgan fingerprint density at radius 3 is 2.50 bits per heavy atom. The standard InChI is InChI=1S/C16H18F3N5OS/c17-16(18,19)12-7-13(25)24(9-20-12)8-10-3-5-23(6-4-10)15-22-21-14(26-15)11-1-2-11/h7,9-11H,1-6,8H2. The molecule has 0 N–H and O–H groups in total. The molecule has 0 bridgehead atoms. The largest absolute Gasteiger partial charge is 0.433 e. The maximum absolute atomic E-state index is 12.6. The van der Waals surface area contributed by atoms with Crippen LogP contribution in [0.2, 0.25) is 0 Å². The second kappa shape index (κ2) is 6.64. The Balaban J connectivity index is 1.35. The van der Waals surface area contributed by atoms with E-state index in [1.54, 1.807) is 11.3 Å². The minimum absolute atomic E-state index is 0.235. The smallest absolute Gasteiger partial charge is 0.347 e. The van der Waals surface area contributed by atoms with Crippen LogP contribution in [-0.2, 0) is 12.7 Å². The maximum Gasteiger partial charge on any atom is 0.433 e. The van der Waals surface area contributed by atoms with E-state index < -0.39 is 17.4 Å². The highest BCUT2D eigenvalue weighted by Gasteiger charge is 2.33. The van der Waals surface area contributed by atoms with E-state index in [1.807, 2.05) is 0 Å². The Labute approximate surface area is 151 Å². The predicted molar refractivity (Wildman–Crippen MR) is 90.3 cm³/mol. The predicted octanol–water partition coefficient (Wildman–Crippen LogP) is 2.91. The molecule has 6 nitrogen and oxygen atoms in total. The van der Waals surface area contributed by atoms with Gasteiger partial charge in [-0.25, -0.2) is 4.98 Å². The van der Waals surface area contributed by atoms with Crippen molar-refractivity contribution in [3.63, 3.8) is 0 Å². The van der Waals surface area contributed by atoms with Crippen LogP contribution < -0.4 is 10.5 Å². The third-order valence-corrected chi connectivity index (χ3v) is 6.01. The van der Waals surface area contributed by atoms with Crippen molar-refractivity contribution in [2.75, 3.05) is 18.0 Å². The summed E-state index contributed by atoms with van der Waals surface area (Å²) in [5, 5.41) is 10.6. The first kappa shape index (κ1) is 17.4. The second-order valence-electron chi connectivity index (χ2n) is 6.89. The van der Waals surface area contributed by atoms with Gasteiger partial charge in [-0.1, -0.05) is 11.3 Å². The van der Waals surface area contributed by atoms with Gasteiger partial charge in [0.15, 0.2) is 5.69 Å². The normalized spacial score (nSPS) is 19.1. The first-order valence-corrected chi connectivity index (χ1v) is 9.44. The molecule has 140 valence electrons. The summed E-state index contributed by atoms with van der Waals surface area (Å²) in [7, 11) is 0. The Morgan fingerprint density at radius 2 is 1.88 bits per heavy atom. The van der Waals surface area contributed by atoms with Gasteiger partial charge in [0.1, 0.15) is 5.01 Å². The first-order chi connectivity index (χ1) is 12.4. The van der Waals surface area contributed by atoms with E-state index in [4.69, 9.17) is 0 Å². The number of halogens is 3. The van der Waals surface area contributed by atoms with Gasteiger partial charge < -0.3 is 4.90 Å². The first-order valence-electron chi connectivity index (χ1n) is 8.62. The van der Waals surface area contributed by atoms with Crippen molar-refractivity contribution in [1.29, 1.82) is 0 Å². The molecular weight excluding hydrogens is 367 g/mol. The van der Waals surface area contributed by atoms with Crippen molar-refractivity contribution < 1.29 is 13.2 Å². The fraction of sp³-hybridized carbons (Fsp3) is 0.625. The van der Waals surface area contributed by atoms with Crippen LogP contribution in [0.5, 0.6) is 0 Å². The fourth-order valence-electron chi connectivity index (χ4n) is 3.15. The number of rotatable bonds is 4. The SMILES string of the molecule is O=c1cc(C(F)(F)F)ncn1CC1CCN(c2nnc(C3CC3)s2)CC1. The topological polar surface area (TPSA) is 63.9 Å². The van der Waals surface area contributed by atoms with Gasteiger partial charge in [-0.2, -0.15) is 13.2 Å². The van der Waals surface area contributed by atoms with Crippen molar-refractivity contribution >= 4 is 16.5 Å². The Bertz CT molecular complexity index is 837. The summed E-state index contributed by atoms with van der Waals surface area (Å²) in [5.41, 5.74) is -1.80. The highest BCUT2D eigenvalue weighted by atomic mass is 32.1. The highest BCUT2D eigenvalue weighted by molar-refractivity contribution is 7.15. The Kier molecular flexibility index (Phi) is 4.45. The lowest BCUT2D eigenvalue weighted by molar-refractivity contribution is -0.141. The van der Waals surface area contributed by atoms with E-state index in [-0.39, 0.29) is 5.92 Å². The molecule has 0 amide bonds. The summed E-state index contributed by atoms with van der Waals surface area (Å²) in [5.74, 6) is 0.830. The Hall–Kier alpha value is -1.97. The molecular formula is C16H18F3N5OS. The molecule has 10 heteroatoms. The average Bonchev–Trinajstić information content (AvgIpc) is 3.34. The number of aromatic nitrogens is 4. The average molecular weight is 385 g/mol. The minimum Gasteiger partial charge on any atom is -0.347 e. The monoisotopic (exact) mass is 385 g/mol. The summed E-state index contributed by atoms with van der Waals surface area (Å²) in [6.45, 7) is 2.01. The summed E-state index contributed by atoms with van der Waals surface area (Å²) >= 11 is 1.65. The van der Waals surface area contributed by atoms with E-state index in [9.17, 15) is 18.0 Å². The Morgan fingerprint density at radius 1 is 1.15 bits per heavy atom. The van der Waals surface area contributed by atoms with Gasteiger partial charge in [0, 0.05) is 31.6 Å². The van der Waals surface area contributed by atoms with Gasteiger partial charge in [-0.3, -0.25) is 9.36 Å². The molecule has 2 aromatic rings. The molecule has 1 saturated heterocycles. The van der Waals surface area contributed by atoms with Crippen LogP contribution in [0.3, 0.4) is 0 Å². The quantitative estimate of drug-likeness (QED) is 0.810. The van der Waals surface area contributed by atoms with Gasteiger partial charge in [0.05, 0.1) is 6.33 Å². The van der Waals surface area contributed by atoms with Crippen molar-refractivity contribution in [2.24, 2.45) is 5.92 Å². The van der Waals surface area contributed by atoms with Gasteiger partial charge in [0.25, 0.3) is 5.56 Å². The highest BCUT2D eigenvalue weighted by Crippen LogP contribution is 2.42. The van der Waals surface area contributed by atoms with Crippen LogP contribution in [0.25, 0.3) is 0 Å². The van der Waals surface area contributed by atoms with Crippen LogP contribution >= 0.6 is 11.3 Å². The fourth-order valence-corrected chi connectivity index (χ4v) is 4.22. The molecule has 4 rings (SSSR count). The van der Waals surface area contributed by atoms with E-state index in [0.29, 0.717) is 18.5 Å². The lowest BCUT2D eigenvalue weighted by Gasteiger charge is -2.31. The number of anilines is 1. The van der Waals surface area contributed by atoms with Crippen molar-refractivity contribution in [1.82, 2.24) is 19.7 Å². The number of nitrogens with zero attached hydrogens (tertiary/aromatic N) is 5. The summed E-state index contributed by atoms with van der Waals surface area (Å²) in [6.07, 6.45) is 0.520. The number of alkyl halides is 3. The zero-order valence-corrected chi connectivity index (χ0v) is 14.8. The molecule has 0 spiro atoms. The third kappa shape index (κ3) is 3.74. The van der Waals surface area contributed by atoms with Gasteiger partial charge in [-0.15, -0.1) is 10.2 Å². The summed E-state index contributed by atoms with van der Waals surface area (Å²) < 4.78 is 39.0. The van der Waals surface area contributed by atoms with Crippen LogP contribution in [0.15, 0.2) is 17.2 Å². The van der Waals surface area contributed by atoms with Crippen LogP contribution in [0.4, 0.5) is 18.3 Å². The van der Waals surface area contributed by atoms with E-state index in [1.165, 1.54) is 17.4 Å². The molecule has 26 heavy (non-hydrogen) atoms. The number of hydrogen-bond donors (Lipinski definition) is 0. The van der Waals surface area contributed by atoms with Crippen molar-refractivity contribution in [3.8, 4) is 0 Å². The van der Waals surface area contributed by atoms with Crippen LogP contribution in [0.1, 0.15) is 42.3 Å². The van der Waals surface area contributed by atoms with Gasteiger partial charge >= 0.3 is 6.18 Å². The summed E-state index contributed by atoms with van der Waals surface area (Å²) in [6, 6.07) is 0.565. The minimum atomic E-state index is -4.59. The molecule has 1 saturated carbocycles. The van der Waals surface area contributed by atoms with Crippen molar-refractivity contribution in [3.05, 3.63) is 33.4 Å². The molecule has 3 heterocycles. The number of hydrogen-bond acceptors (Lipinski definition) is 6. The lowest BCUT2D eigenvalue weighted by atomic mass is 9.97. The molecule has 0 atom stereocenters. The molecule has 1 aliphatic carbocycles. The molecule has 2 aliphatic rings. The molecule has 0 unspecified atom stereocenters. The van der Waals surface area contributed by atoms with Crippen LogP contribution in [-0.4, -0.2) is 32.8 Å². The molecule has 2 fully saturated rings. The second-order valence-corrected chi connectivity index (χ2v) is 7.88.